The van der Waals surface area contributed by atoms with Crippen molar-refractivity contribution in [2.45, 2.75) is 61.3 Å². The van der Waals surface area contributed by atoms with Gasteiger partial charge in [0, 0.05) is 0 Å². The van der Waals surface area contributed by atoms with E-state index in [0.29, 0.717) is 17.6 Å². The number of carbonyl (C=O) groups excluding carboxylic acids is 1. The van der Waals surface area contributed by atoms with Crippen LogP contribution in [0.5, 0.6) is 0 Å². The van der Waals surface area contributed by atoms with Crippen LogP contribution in [-0.2, 0) is 4.57 Å². The summed E-state index contributed by atoms with van der Waals surface area (Å²) in [6.07, 6.45) is 2.44. The molecule has 0 saturated heterocycles. The Hall–Kier alpha value is -1.01. The van der Waals surface area contributed by atoms with E-state index in [4.69, 9.17) is 0 Å². The number of benzene rings is 1. The normalized spacial score (nSPS) is 13.9. The van der Waals surface area contributed by atoms with E-state index in [0.717, 1.165) is 29.5 Å². The topological polar surface area (TPSA) is 34.1 Å². The van der Waals surface area contributed by atoms with Crippen LogP contribution in [0.2, 0.25) is 0 Å². The molecule has 1 rings (SSSR count). The number of rotatable bonds is 6. The Bertz CT molecular complexity index is 544. The molecule has 0 aliphatic rings. The molecule has 0 N–H and O–H groups in total. The predicted octanol–water partition coefficient (Wildman–Crippen LogP) is 6.04. The molecule has 22 heavy (non-hydrogen) atoms. The second-order valence-corrected chi connectivity index (χ2v) is 9.45. The summed E-state index contributed by atoms with van der Waals surface area (Å²) in [6.45, 7) is 14.7. The molecule has 0 bridgehead atoms. The van der Waals surface area contributed by atoms with Gasteiger partial charge in [-0.25, -0.2) is 4.79 Å². The average Bonchev–Trinajstić information content (AvgIpc) is 2.32. The van der Waals surface area contributed by atoms with Crippen molar-refractivity contribution in [3.8, 4) is 0 Å². The Morgan fingerprint density at radius 3 is 2.09 bits per heavy atom. The van der Waals surface area contributed by atoms with Crippen LogP contribution in [0.15, 0.2) is 12.1 Å². The van der Waals surface area contributed by atoms with E-state index in [1.54, 1.807) is 0 Å². The maximum absolute atomic E-state index is 12.5. The molecule has 2 nitrogen and oxygen atoms in total. The van der Waals surface area contributed by atoms with Crippen LogP contribution in [0.4, 0.5) is 0 Å². The molecule has 0 radical (unpaired) electrons. The van der Waals surface area contributed by atoms with E-state index < -0.39 is 7.80 Å². The van der Waals surface area contributed by atoms with Crippen molar-refractivity contribution in [3.63, 3.8) is 0 Å². The van der Waals surface area contributed by atoms with Gasteiger partial charge in [-0.15, -0.1) is 0 Å². The zero-order chi connectivity index (χ0) is 17.1. The maximum atomic E-state index is 12.5. The zero-order valence-electron chi connectivity index (χ0n) is 15.1. The monoisotopic (exact) mass is 321 g/mol. The van der Waals surface area contributed by atoms with Gasteiger partial charge in [0.2, 0.25) is 0 Å². The van der Waals surface area contributed by atoms with Gasteiger partial charge in [0.05, 0.1) is 5.56 Å². The first-order valence-electron chi connectivity index (χ1n) is 8.08. The molecule has 0 spiro atoms. The summed E-state index contributed by atoms with van der Waals surface area (Å²) in [5.74, 6) is 0.493. The number of hydrogen-bond donors (Lipinski definition) is 0. The number of aryl methyl sites for hydroxylation is 3. The largest absolute Gasteiger partial charge is 0.420 e. The Labute approximate surface area is 136 Å². The predicted molar refractivity (Wildman–Crippen MR) is 95.3 cm³/mol. The Balaban J connectivity index is 2.73. The van der Waals surface area contributed by atoms with Gasteiger partial charge < -0.3 is 0 Å². The molecule has 0 aliphatic carbocycles. The smallest absolute Gasteiger partial charge is 0.234 e. The summed E-state index contributed by atoms with van der Waals surface area (Å²) in [5, 5.41) is 0. The zero-order valence-corrected chi connectivity index (χ0v) is 16.0. The fraction of sp³-hybridized carbons (Fsp3) is 0.632. The highest BCUT2D eigenvalue weighted by Crippen LogP contribution is 2.34. The van der Waals surface area contributed by atoms with Crippen molar-refractivity contribution >= 4 is 13.3 Å². The van der Waals surface area contributed by atoms with Gasteiger partial charge in [-0.2, -0.15) is 0 Å². The molecule has 0 heterocycles. The minimum atomic E-state index is -1.82. The van der Waals surface area contributed by atoms with E-state index >= 15 is 0 Å². The molecule has 0 saturated carbocycles. The molecule has 2 unspecified atom stereocenters. The van der Waals surface area contributed by atoms with Gasteiger partial charge in [0.15, 0.2) is 6.16 Å². The van der Waals surface area contributed by atoms with E-state index in [1.165, 1.54) is 0 Å². The van der Waals surface area contributed by atoms with Gasteiger partial charge in [-0.1, -0.05) is 50.0 Å². The third-order valence-electron chi connectivity index (χ3n) is 3.90. The molecular formula is C19H30O2P+. The molecule has 0 aromatic heterocycles. The molecule has 1 aromatic carbocycles. The standard InChI is InChI=1S/C19H30O2P/c1-13(12-19(5,6)7)8-9-22(21)18(20)17-15(3)10-14(2)11-16(17)4/h10-11,13H,8-9,12H2,1-7H3/q+1. The average molecular weight is 321 g/mol. The molecule has 0 fully saturated rings. The van der Waals surface area contributed by atoms with Crippen LogP contribution in [0, 0.1) is 32.1 Å². The Morgan fingerprint density at radius 2 is 1.64 bits per heavy atom. The van der Waals surface area contributed by atoms with Crippen LogP contribution >= 0.6 is 7.80 Å². The van der Waals surface area contributed by atoms with Crippen LogP contribution < -0.4 is 0 Å². The lowest BCUT2D eigenvalue weighted by molar-refractivity contribution is 0.107. The second-order valence-electron chi connectivity index (χ2n) is 7.84. The van der Waals surface area contributed by atoms with Gasteiger partial charge in [-0.05, 0) is 56.1 Å². The minimum absolute atomic E-state index is 0.173. The van der Waals surface area contributed by atoms with Crippen molar-refractivity contribution in [2.75, 3.05) is 6.16 Å². The molecule has 1 aromatic rings. The second kappa shape index (κ2) is 7.51. The summed E-state index contributed by atoms with van der Waals surface area (Å²) in [7, 11) is -1.82. The third kappa shape index (κ3) is 5.65. The van der Waals surface area contributed by atoms with Crippen molar-refractivity contribution < 1.29 is 9.36 Å². The van der Waals surface area contributed by atoms with Crippen molar-refractivity contribution in [2.24, 2.45) is 11.3 Å². The number of carbonyl (C=O) groups is 1. The fourth-order valence-corrected chi connectivity index (χ4v) is 4.71. The fourth-order valence-electron chi connectivity index (χ4n) is 3.23. The van der Waals surface area contributed by atoms with E-state index in [-0.39, 0.29) is 10.9 Å². The first kappa shape index (κ1) is 19.0. The molecular weight excluding hydrogens is 291 g/mol. The summed E-state index contributed by atoms with van der Waals surface area (Å²) in [4.78, 5) is 12.5. The highest BCUT2D eigenvalue weighted by atomic mass is 31.1. The minimum Gasteiger partial charge on any atom is -0.234 e. The molecule has 2 atom stereocenters. The number of hydrogen-bond acceptors (Lipinski definition) is 2. The quantitative estimate of drug-likeness (QED) is 0.598. The van der Waals surface area contributed by atoms with E-state index in [1.807, 2.05) is 32.9 Å². The molecule has 0 aliphatic heterocycles. The van der Waals surface area contributed by atoms with Crippen molar-refractivity contribution in [1.82, 2.24) is 0 Å². The van der Waals surface area contributed by atoms with Gasteiger partial charge in [0.1, 0.15) is 0 Å². The summed E-state index contributed by atoms with van der Waals surface area (Å²) >= 11 is 0. The van der Waals surface area contributed by atoms with E-state index in [9.17, 15) is 9.36 Å². The van der Waals surface area contributed by atoms with Crippen LogP contribution in [-0.4, -0.2) is 11.7 Å². The Morgan fingerprint density at radius 1 is 1.14 bits per heavy atom. The van der Waals surface area contributed by atoms with Crippen molar-refractivity contribution in [1.29, 1.82) is 0 Å². The van der Waals surface area contributed by atoms with Crippen LogP contribution in [0.25, 0.3) is 0 Å². The molecule has 0 amide bonds. The lowest BCUT2D eigenvalue weighted by Gasteiger charge is -2.22. The SMILES string of the molecule is Cc1cc(C)c(C(=O)[P+](=O)CCC(C)CC(C)(C)C)c(C)c1. The first-order valence-corrected chi connectivity index (χ1v) is 9.52. The van der Waals surface area contributed by atoms with Crippen LogP contribution in [0.1, 0.15) is 67.6 Å². The van der Waals surface area contributed by atoms with Crippen molar-refractivity contribution in [3.05, 3.63) is 34.4 Å². The van der Waals surface area contributed by atoms with Gasteiger partial charge in [0.25, 0.3) is 0 Å². The Kier molecular flexibility index (Phi) is 6.50. The molecule has 3 heteroatoms. The van der Waals surface area contributed by atoms with Gasteiger partial charge in [-0.3, -0.25) is 0 Å². The summed E-state index contributed by atoms with van der Waals surface area (Å²) in [5.41, 5.74) is 3.78. The lowest BCUT2D eigenvalue weighted by Crippen LogP contribution is -2.12. The van der Waals surface area contributed by atoms with Gasteiger partial charge >= 0.3 is 13.3 Å². The third-order valence-corrected chi connectivity index (χ3v) is 5.24. The molecule has 122 valence electrons. The maximum Gasteiger partial charge on any atom is 0.420 e. The lowest BCUT2D eigenvalue weighted by atomic mass is 9.84. The summed E-state index contributed by atoms with van der Waals surface area (Å²) < 4.78 is 12.4. The van der Waals surface area contributed by atoms with Crippen LogP contribution in [0.3, 0.4) is 0 Å². The highest BCUT2D eigenvalue weighted by Gasteiger charge is 2.32. The van der Waals surface area contributed by atoms with E-state index in [2.05, 4.69) is 27.7 Å². The highest BCUT2D eigenvalue weighted by molar-refractivity contribution is 7.64. The first-order chi connectivity index (χ1) is 10.0. The summed E-state index contributed by atoms with van der Waals surface area (Å²) in [6, 6.07) is 3.98.